The second kappa shape index (κ2) is 6.74. The van der Waals surface area contributed by atoms with E-state index in [4.69, 9.17) is 4.74 Å². The number of aryl methyl sites for hydroxylation is 2. The molecule has 0 saturated carbocycles. The maximum Gasteiger partial charge on any atom is 0.431 e. The molecule has 3 rings (SSSR count). The zero-order valence-electron chi connectivity index (χ0n) is 14.2. The summed E-state index contributed by atoms with van der Waals surface area (Å²) >= 11 is 0. The van der Waals surface area contributed by atoms with E-state index in [-0.39, 0.29) is 6.61 Å². The van der Waals surface area contributed by atoms with Crippen LogP contribution in [-0.4, -0.2) is 17.5 Å². The molecule has 136 valence electrons. The number of carbonyl (C=O) groups is 1. The van der Waals surface area contributed by atoms with Crippen LogP contribution < -0.4 is 10.1 Å². The zero-order valence-corrected chi connectivity index (χ0v) is 14.2. The fourth-order valence-electron chi connectivity index (χ4n) is 2.51. The van der Waals surface area contributed by atoms with Crippen LogP contribution in [0.5, 0.6) is 5.75 Å². The molecule has 3 aromatic rings. The van der Waals surface area contributed by atoms with Crippen LogP contribution in [-0.2, 0) is 11.0 Å². The van der Waals surface area contributed by atoms with Gasteiger partial charge in [0.25, 0.3) is 5.91 Å². The van der Waals surface area contributed by atoms with Crippen LogP contribution in [0.25, 0.3) is 10.9 Å². The lowest BCUT2D eigenvalue weighted by atomic mass is 10.1. The summed E-state index contributed by atoms with van der Waals surface area (Å²) in [4.78, 5) is 14.3. The molecule has 2 N–H and O–H groups in total. The minimum Gasteiger partial charge on any atom is -0.484 e. The van der Waals surface area contributed by atoms with E-state index in [0.717, 1.165) is 17.2 Å². The van der Waals surface area contributed by atoms with Gasteiger partial charge in [-0.05, 0) is 61.4 Å². The SMILES string of the molecule is Cc1ccc(OCC(=O)Nc2ccc3[nH]c(C(F)(F)F)cc3c2)cc1C. The van der Waals surface area contributed by atoms with E-state index < -0.39 is 17.8 Å². The van der Waals surface area contributed by atoms with E-state index in [1.165, 1.54) is 18.2 Å². The van der Waals surface area contributed by atoms with Gasteiger partial charge in [0.1, 0.15) is 11.4 Å². The molecule has 0 fully saturated rings. The monoisotopic (exact) mass is 362 g/mol. The number of benzene rings is 2. The first kappa shape index (κ1) is 17.8. The zero-order chi connectivity index (χ0) is 18.9. The number of alkyl halides is 3. The van der Waals surface area contributed by atoms with Crippen molar-refractivity contribution in [2.45, 2.75) is 20.0 Å². The van der Waals surface area contributed by atoms with Gasteiger partial charge >= 0.3 is 6.18 Å². The van der Waals surface area contributed by atoms with Crippen LogP contribution in [0, 0.1) is 13.8 Å². The largest absolute Gasteiger partial charge is 0.484 e. The van der Waals surface area contributed by atoms with Gasteiger partial charge in [0, 0.05) is 16.6 Å². The van der Waals surface area contributed by atoms with Gasteiger partial charge in [0.2, 0.25) is 0 Å². The average molecular weight is 362 g/mol. The third-order valence-corrected chi connectivity index (χ3v) is 4.06. The van der Waals surface area contributed by atoms with Gasteiger partial charge < -0.3 is 15.0 Å². The third kappa shape index (κ3) is 3.99. The molecule has 0 aliphatic carbocycles. The van der Waals surface area contributed by atoms with Crippen LogP contribution in [0.4, 0.5) is 18.9 Å². The van der Waals surface area contributed by atoms with E-state index in [1.54, 1.807) is 6.07 Å². The van der Waals surface area contributed by atoms with Gasteiger partial charge in [-0.3, -0.25) is 4.79 Å². The Bertz CT molecular complexity index is 961. The van der Waals surface area contributed by atoms with Crippen molar-refractivity contribution < 1.29 is 22.7 Å². The van der Waals surface area contributed by atoms with Crippen LogP contribution in [0.1, 0.15) is 16.8 Å². The molecule has 7 heteroatoms. The number of halogens is 3. The van der Waals surface area contributed by atoms with E-state index in [2.05, 4.69) is 10.3 Å². The highest BCUT2D eigenvalue weighted by Crippen LogP contribution is 2.31. The molecule has 0 atom stereocenters. The Morgan fingerprint density at radius 1 is 1.08 bits per heavy atom. The lowest BCUT2D eigenvalue weighted by Crippen LogP contribution is -2.20. The maximum atomic E-state index is 12.7. The summed E-state index contributed by atoms with van der Waals surface area (Å²) in [6, 6.07) is 11.0. The van der Waals surface area contributed by atoms with Gasteiger partial charge in [-0.25, -0.2) is 0 Å². The normalized spacial score (nSPS) is 11.6. The fourth-order valence-corrected chi connectivity index (χ4v) is 2.51. The first-order valence-corrected chi connectivity index (χ1v) is 7.92. The summed E-state index contributed by atoms with van der Waals surface area (Å²) in [5.41, 5.74) is 2.11. The number of carbonyl (C=O) groups excluding carboxylic acids is 1. The van der Waals surface area contributed by atoms with E-state index in [9.17, 15) is 18.0 Å². The van der Waals surface area contributed by atoms with Gasteiger partial charge in [-0.15, -0.1) is 0 Å². The van der Waals surface area contributed by atoms with Crippen LogP contribution in [0.15, 0.2) is 42.5 Å². The molecular formula is C19H17F3N2O2. The summed E-state index contributed by atoms with van der Waals surface area (Å²) in [5, 5.41) is 2.99. The Morgan fingerprint density at radius 2 is 1.85 bits per heavy atom. The first-order chi connectivity index (χ1) is 12.2. The molecular weight excluding hydrogens is 345 g/mol. The highest BCUT2D eigenvalue weighted by atomic mass is 19.4. The molecule has 0 spiro atoms. The second-order valence-corrected chi connectivity index (χ2v) is 6.07. The van der Waals surface area contributed by atoms with Crippen molar-refractivity contribution >= 4 is 22.5 Å². The Kier molecular flexibility index (Phi) is 4.63. The van der Waals surface area contributed by atoms with Crippen LogP contribution >= 0.6 is 0 Å². The molecule has 1 aromatic heterocycles. The molecule has 2 aromatic carbocycles. The van der Waals surface area contributed by atoms with Gasteiger partial charge in [-0.1, -0.05) is 6.07 Å². The number of hydrogen-bond acceptors (Lipinski definition) is 2. The molecule has 0 aliphatic heterocycles. The van der Waals surface area contributed by atoms with E-state index >= 15 is 0 Å². The minimum atomic E-state index is -4.44. The Hall–Kier alpha value is -2.96. The molecule has 0 unspecified atom stereocenters. The van der Waals surface area contributed by atoms with Crippen molar-refractivity contribution in [1.82, 2.24) is 4.98 Å². The minimum absolute atomic E-state index is 0.193. The highest BCUT2D eigenvalue weighted by molar-refractivity contribution is 5.94. The quantitative estimate of drug-likeness (QED) is 0.699. The molecule has 1 amide bonds. The van der Waals surface area contributed by atoms with Crippen molar-refractivity contribution in [3.8, 4) is 5.75 Å². The van der Waals surface area contributed by atoms with Gasteiger partial charge in [0.15, 0.2) is 6.61 Å². The highest BCUT2D eigenvalue weighted by Gasteiger charge is 2.32. The smallest absolute Gasteiger partial charge is 0.431 e. The number of nitrogens with one attached hydrogen (secondary N) is 2. The number of amides is 1. The molecule has 0 aliphatic rings. The van der Waals surface area contributed by atoms with E-state index in [1.807, 2.05) is 26.0 Å². The first-order valence-electron chi connectivity index (χ1n) is 7.92. The van der Waals surface area contributed by atoms with Crippen molar-refractivity contribution in [3.63, 3.8) is 0 Å². The lowest BCUT2D eigenvalue weighted by molar-refractivity contribution is -0.140. The molecule has 1 heterocycles. The Balaban J connectivity index is 1.66. The average Bonchev–Trinajstić information content (AvgIpc) is 2.99. The number of anilines is 1. The van der Waals surface area contributed by atoms with Crippen molar-refractivity contribution in [2.24, 2.45) is 0 Å². The van der Waals surface area contributed by atoms with Crippen LogP contribution in [0.3, 0.4) is 0 Å². The van der Waals surface area contributed by atoms with Crippen molar-refractivity contribution in [3.05, 3.63) is 59.3 Å². The summed E-state index contributed by atoms with van der Waals surface area (Å²) in [7, 11) is 0. The predicted octanol–water partition coefficient (Wildman–Crippen LogP) is 4.82. The number of aromatic nitrogens is 1. The fraction of sp³-hybridized carbons (Fsp3) is 0.211. The number of H-pyrrole nitrogens is 1. The molecule has 4 nitrogen and oxygen atoms in total. The summed E-state index contributed by atoms with van der Waals surface area (Å²) in [6.45, 7) is 3.73. The molecule has 0 bridgehead atoms. The Labute approximate surface area is 148 Å². The molecule has 26 heavy (non-hydrogen) atoms. The number of aromatic amines is 1. The predicted molar refractivity (Wildman–Crippen MR) is 93.3 cm³/mol. The van der Waals surface area contributed by atoms with Crippen LogP contribution in [0.2, 0.25) is 0 Å². The Morgan fingerprint density at radius 3 is 2.54 bits per heavy atom. The number of rotatable bonds is 4. The van der Waals surface area contributed by atoms with Crippen molar-refractivity contribution in [2.75, 3.05) is 11.9 Å². The number of hydrogen-bond donors (Lipinski definition) is 2. The van der Waals surface area contributed by atoms with Gasteiger partial charge in [0.05, 0.1) is 0 Å². The number of fused-ring (bicyclic) bond motifs is 1. The summed E-state index contributed by atoms with van der Waals surface area (Å²) in [5.74, 6) is 0.188. The van der Waals surface area contributed by atoms with Gasteiger partial charge in [-0.2, -0.15) is 13.2 Å². The van der Waals surface area contributed by atoms with Crippen molar-refractivity contribution in [1.29, 1.82) is 0 Å². The number of ether oxygens (including phenoxy) is 1. The topological polar surface area (TPSA) is 54.1 Å². The van der Waals surface area contributed by atoms with E-state index in [0.29, 0.717) is 22.3 Å². The molecule has 0 saturated heterocycles. The third-order valence-electron chi connectivity index (χ3n) is 4.06. The standard InChI is InChI=1S/C19H17F3N2O2/c1-11-3-5-15(7-12(11)2)26-10-18(25)23-14-4-6-16-13(8-14)9-17(24-16)19(20,21)22/h3-9,24H,10H2,1-2H3,(H,23,25). The summed E-state index contributed by atoms with van der Waals surface area (Å²) < 4.78 is 43.6. The molecule has 0 radical (unpaired) electrons. The second-order valence-electron chi connectivity index (χ2n) is 6.07. The lowest BCUT2D eigenvalue weighted by Gasteiger charge is -2.09. The summed E-state index contributed by atoms with van der Waals surface area (Å²) in [6.07, 6.45) is -4.44. The maximum absolute atomic E-state index is 12.7.